The second kappa shape index (κ2) is 4.26. The second-order valence-electron chi connectivity index (χ2n) is 3.48. The Bertz CT molecular complexity index is 492. The Balaban J connectivity index is 2.48. The van der Waals surface area contributed by atoms with E-state index in [-0.39, 0.29) is 0 Å². The van der Waals surface area contributed by atoms with E-state index < -0.39 is 0 Å². The smallest absolute Gasteiger partial charge is 0.161 e. The molecule has 84 valence electrons. The predicted molar refractivity (Wildman–Crippen MR) is 61.9 cm³/mol. The van der Waals surface area contributed by atoms with E-state index in [2.05, 4.69) is 10.2 Å². The van der Waals surface area contributed by atoms with Gasteiger partial charge in [0, 0.05) is 11.3 Å². The van der Waals surface area contributed by atoms with Gasteiger partial charge in [0.2, 0.25) is 0 Å². The maximum Gasteiger partial charge on any atom is 0.161 e. The van der Waals surface area contributed by atoms with E-state index in [0.29, 0.717) is 0 Å². The Labute approximate surface area is 94.2 Å². The lowest BCUT2D eigenvalue weighted by atomic mass is 10.1. The van der Waals surface area contributed by atoms with E-state index in [0.717, 1.165) is 28.3 Å². The lowest BCUT2D eigenvalue weighted by Gasteiger charge is -2.09. The molecular weight excluding hydrogens is 204 g/mol. The molecule has 4 nitrogen and oxygen atoms in total. The van der Waals surface area contributed by atoms with E-state index in [4.69, 9.17) is 9.47 Å². The first-order valence-electron chi connectivity index (χ1n) is 4.98. The first-order valence-corrected chi connectivity index (χ1v) is 4.98. The van der Waals surface area contributed by atoms with Crippen molar-refractivity contribution in [3.05, 3.63) is 30.1 Å². The number of benzene rings is 1. The van der Waals surface area contributed by atoms with Crippen molar-refractivity contribution in [1.29, 1.82) is 0 Å². The molecule has 0 aliphatic heterocycles. The van der Waals surface area contributed by atoms with Crippen LogP contribution in [0.5, 0.6) is 11.5 Å². The van der Waals surface area contributed by atoms with Gasteiger partial charge in [0.25, 0.3) is 0 Å². The number of hydrogen-bond acceptors (Lipinski definition) is 3. The molecule has 0 atom stereocenters. The number of aromatic nitrogens is 2. The minimum absolute atomic E-state index is 0.723. The molecule has 1 aromatic carbocycles. The molecule has 0 aliphatic rings. The molecule has 16 heavy (non-hydrogen) atoms. The molecule has 0 aliphatic carbocycles. The minimum Gasteiger partial charge on any atom is -0.493 e. The highest BCUT2D eigenvalue weighted by molar-refractivity contribution is 5.68. The van der Waals surface area contributed by atoms with Gasteiger partial charge in [-0.2, -0.15) is 5.10 Å². The van der Waals surface area contributed by atoms with Crippen LogP contribution in [-0.4, -0.2) is 24.4 Å². The summed E-state index contributed by atoms with van der Waals surface area (Å²) in [4.78, 5) is 0. The number of H-pyrrole nitrogens is 1. The van der Waals surface area contributed by atoms with Gasteiger partial charge in [-0.25, -0.2) is 0 Å². The molecule has 4 heteroatoms. The highest BCUT2D eigenvalue weighted by Crippen LogP contribution is 2.32. The number of aryl methyl sites for hydroxylation is 1. The van der Waals surface area contributed by atoms with Crippen LogP contribution in [0, 0.1) is 6.92 Å². The van der Waals surface area contributed by atoms with Gasteiger partial charge < -0.3 is 9.47 Å². The maximum absolute atomic E-state index is 5.26. The molecule has 2 rings (SSSR count). The van der Waals surface area contributed by atoms with Crippen LogP contribution in [0.2, 0.25) is 0 Å². The molecule has 0 amide bonds. The molecule has 1 heterocycles. The van der Waals surface area contributed by atoms with Crippen LogP contribution in [0.4, 0.5) is 0 Å². The molecule has 0 fully saturated rings. The van der Waals surface area contributed by atoms with Crippen LogP contribution in [0.25, 0.3) is 11.1 Å². The fourth-order valence-corrected chi connectivity index (χ4v) is 1.65. The van der Waals surface area contributed by atoms with Gasteiger partial charge in [-0.3, -0.25) is 5.10 Å². The van der Waals surface area contributed by atoms with Crippen molar-refractivity contribution in [1.82, 2.24) is 10.2 Å². The number of ether oxygens (including phenoxy) is 2. The second-order valence-corrected chi connectivity index (χ2v) is 3.48. The first-order chi connectivity index (χ1) is 7.76. The third kappa shape index (κ3) is 1.74. The number of rotatable bonds is 3. The van der Waals surface area contributed by atoms with Gasteiger partial charge in [0.05, 0.1) is 20.4 Å². The molecule has 0 spiro atoms. The first kappa shape index (κ1) is 10.5. The molecule has 0 bridgehead atoms. The number of aromatic amines is 1. The Hall–Kier alpha value is -1.97. The molecule has 0 saturated carbocycles. The maximum atomic E-state index is 5.26. The molecule has 0 radical (unpaired) electrons. The number of nitrogens with zero attached hydrogens (tertiary/aromatic N) is 1. The average molecular weight is 218 g/mol. The van der Waals surface area contributed by atoms with Crippen LogP contribution in [0.1, 0.15) is 5.69 Å². The SMILES string of the molecule is COc1ccc(-c2cn[nH]c2C)cc1OC. The lowest BCUT2D eigenvalue weighted by molar-refractivity contribution is 0.355. The van der Waals surface area contributed by atoms with Gasteiger partial charge >= 0.3 is 0 Å². The van der Waals surface area contributed by atoms with E-state index in [9.17, 15) is 0 Å². The summed E-state index contributed by atoms with van der Waals surface area (Å²) in [6, 6.07) is 5.82. The summed E-state index contributed by atoms with van der Waals surface area (Å²) in [6.45, 7) is 1.99. The topological polar surface area (TPSA) is 47.1 Å². The highest BCUT2D eigenvalue weighted by atomic mass is 16.5. The average Bonchev–Trinajstić information content (AvgIpc) is 2.74. The van der Waals surface area contributed by atoms with E-state index in [1.165, 1.54) is 0 Å². The third-order valence-electron chi connectivity index (χ3n) is 2.52. The van der Waals surface area contributed by atoms with Gasteiger partial charge in [-0.1, -0.05) is 6.07 Å². The molecule has 1 N–H and O–H groups in total. The van der Waals surface area contributed by atoms with Crippen molar-refractivity contribution in [2.24, 2.45) is 0 Å². The zero-order valence-electron chi connectivity index (χ0n) is 9.57. The quantitative estimate of drug-likeness (QED) is 0.860. The van der Waals surface area contributed by atoms with E-state index >= 15 is 0 Å². The summed E-state index contributed by atoms with van der Waals surface area (Å²) >= 11 is 0. The van der Waals surface area contributed by atoms with Crippen molar-refractivity contribution in [2.75, 3.05) is 14.2 Å². The fourth-order valence-electron chi connectivity index (χ4n) is 1.65. The van der Waals surface area contributed by atoms with Crippen LogP contribution in [0.15, 0.2) is 24.4 Å². The Morgan fingerprint density at radius 2 is 1.88 bits per heavy atom. The molecule has 0 unspecified atom stereocenters. The van der Waals surface area contributed by atoms with Crippen molar-refractivity contribution < 1.29 is 9.47 Å². The number of methoxy groups -OCH3 is 2. The Kier molecular flexibility index (Phi) is 2.81. The summed E-state index contributed by atoms with van der Waals surface area (Å²) in [5, 5.41) is 6.91. The minimum atomic E-state index is 0.723. The standard InChI is InChI=1S/C12H14N2O2/c1-8-10(7-13-14-8)9-4-5-11(15-2)12(6-9)16-3/h4-7H,1-3H3,(H,13,14). The highest BCUT2D eigenvalue weighted by Gasteiger charge is 2.08. The van der Waals surface area contributed by atoms with Crippen molar-refractivity contribution in [2.45, 2.75) is 6.92 Å². The van der Waals surface area contributed by atoms with Crippen LogP contribution >= 0.6 is 0 Å². The largest absolute Gasteiger partial charge is 0.493 e. The van der Waals surface area contributed by atoms with E-state index in [1.807, 2.05) is 25.1 Å². The predicted octanol–water partition coefficient (Wildman–Crippen LogP) is 2.40. The fraction of sp³-hybridized carbons (Fsp3) is 0.250. The molecule has 1 aromatic heterocycles. The van der Waals surface area contributed by atoms with Crippen molar-refractivity contribution in [3.8, 4) is 22.6 Å². The van der Waals surface area contributed by atoms with Crippen LogP contribution < -0.4 is 9.47 Å². The molecule has 0 saturated heterocycles. The molecule has 2 aromatic rings. The van der Waals surface area contributed by atoms with Crippen LogP contribution in [-0.2, 0) is 0 Å². The summed E-state index contributed by atoms with van der Waals surface area (Å²) in [5.74, 6) is 1.45. The Morgan fingerprint density at radius 1 is 1.12 bits per heavy atom. The van der Waals surface area contributed by atoms with Crippen molar-refractivity contribution in [3.63, 3.8) is 0 Å². The molecular formula is C12H14N2O2. The lowest BCUT2D eigenvalue weighted by Crippen LogP contribution is -1.90. The van der Waals surface area contributed by atoms with Gasteiger partial charge in [-0.15, -0.1) is 0 Å². The normalized spacial score (nSPS) is 10.2. The van der Waals surface area contributed by atoms with Gasteiger partial charge in [0.1, 0.15) is 0 Å². The summed E-state index contributed by atoms with van der Waals surface area (Å²) in [5.41, 5.74) is 3.16. The monoisotopic (exact) mass is 218 g/mol. The number of nitrogens with one attached hydrogen (secondary N) is 1. The van der Waals surface area contributed by atoms with Crippen LogP contribution in [0.3, 0.4) is 0 Å². The van der Waals surface area contributed by atoms with Crippen molar-refractivity contribution >= 4 is 0 Å². The zero-order chi connectivity index (χ0) is 11.5. The zero-order valence-corrected chi connectivity index (χ0v) is 9.57. The summed E-state index contributed by atoms with van der Waals surface area (Å²) in [6.07, 6.45) is 1.80. The number of hydrogen-bond donors (Lipinski definition) is 1. The third-order valence-corrected chi connectivity index (χ3v) is 2.52. The van der Waals surface area contributed by atoms with Gasteiger partial charge in [0.15, 0.2) is 11.5 Å². The van der Waals surface area contributed by atoms with Gasteiger partial charge in [-0.05, 0) is 24.6 Å². The summed E-state index contributed by atoms with van der Waals surface area (Å²) in [7, 11) is 3.25. The van der Waals surface area contributed by atoms with E-state index in [1.54, 1.807) is 20.4 Å². The Morgan fingerprint density at radius 3 is 2.44 bits per heavy atom. The summed E-state index contributed by atoms with van der Waals surface area (Å²) < 4.78 is 10.4.